The Balaban J connectivity index is 0.00000264. The molecule has 1 aromatic carbocycles. The third kappa shape index (κ3) is 8.04. The van der Waals surface area contributed by atoms with Gasteiger partial charge < -0.3 is 11.1 Å². The molecule has 1 atom stereocenters. The average molecular weight is 397 g/mol. The quantitative estimate of drug-likeness (QED) is 0.776. The van der Waals surface area contributed by atoms with E-state index in [9.17, 15) is 4.79 Å². The first-order valence-electron chi connectivity index (χ1n) is 8.02. The number of benzene rings is 1. The van der Waals surface area contributed by atoms with Crippen LogP contribution in [0.3, 0.4) is 0 Å². The van der Waals surface area contributed by atoms with Gasteiger partial charge in [-0.05, 0) is 50.4 Å². The summed E-state index contributed by atoms with van der Waals surface area (Å²) in [6, 6.07) is 7.95. The number of piperidine rings is 1. The molecular weight excluding hydrogens is 369 g/mol. The summed E-state index contributed by atoms with van der Waals surface area (Å²) < 4.78 is 0. The maximum atomic E-state index is 11.6. The van der Waals surface area contributed by atoms with Crippen molar-refractivity contribution in [2.24, 2.45) is 11.7 Å². The second kappa shape index (κ2) is 11.9. The van der Waals surface area contributed by atoms with Gasteiger partial charge in [0.05, 0.1) is 0 Å². The van der Waals surface area contributed by atoms with Gasteiger partial charge in [-0.25, -0.2) is 0 Å². The molecule has 0 bridgehead atoms. The summed E-state index contributed by atoms with van der Waals surface area (Å²) >= 11 is 6.21. The van der Waals surface area contributed by atoms with Crippen molar-refractivity contribution in [3.8, 4) is 0 Å². The van der Waals surface area contributed by atoms with E-state index in [0.29, 0.717) is 12.3 Å². The molecule has 0 aliphatic carbocycles. The highest BCUT2D eigenvalue weighted by molar-refractivity contribution is 6.31. The van der Waals surface area contributed by atoms with Crippen molar-refractivity contribution in [2.75, 3.05) is 19.6 Å². The van der Waals surface area contributed by atoms with Crippen molar-refractivity contribution in [2.45, 2.75) is 38.8 Å². The topological polar surface area (TPSA) is 58.4 Å². The van der Waals surface area contributed by atoms with Gasteiger partial charge in [-0.3, -0.25) is 9.69 Å². The van der Waals surface area contributed by atoms with Crippen LogP contribution in [0.25, 0.3) is 0 Å². The van der Waals surface area contributed by atoms with E-state index >= 15 is 0 Å². The SMILES string of the molecule is CC(N)CC(=O)NCC1CCN(Cc2ccccc2Cl)CC1.Cl.Cl. The van der Waals surface area contributed by atoms with Crippen molar-refractivity contribution in [1.82, 2.24) is 10.2 Å². The fraction of sp³-hybridized carbons (Fsp3) is 0.588. The van der Waals surface area contributed by atoms with Crippen LogP contribution >= 0.6 is 36.4 Å². The number of amides is 1. The van der Waals surface area contributed by atoms with E-state index in [1.807, 2.05) is 25.1 Å². The fourth-order valence-electron chi connectivity index (χ4n) is 2.84. The number of hydrogen-bond acceptors (Lipinski definition) is 3. The highest BCUT2D eigenvalue weighted by Crippen LogP contribution is 2.21. The minimum atomic E-state index is -0.0718. The first-order valence-corrected chi connectivity index (χ1v) is 8.40. The van der Waals surface area contributed by atoms with Gasteiger partial charge in [-0.15, -0.1) is 24.8 Å². The standard InChI is InChI=1S/C17H26ClN3O.2ClH/c1-13(19)10-17(22)20-11-14-6-8-21(9-7-14)12-15-4-2-3-5-16(15)18;;/h2-5,13-14H,6-12,19H2,1H3,(H,20,22);2*1H. The van der Waals surface area contributed by atoms with Gasteiger partial charge >= 0.3 is 0 Å². The molecule has 2 rings (SSSR count). The summed E-state index contributed by atoms with van der Waals surface area (Å²) in [6.07, 6.45) is 2.64. The van der Waals surface area contributed by atoms with E-state index < -0.39 is 0 Å². The lowest BCUT2D eigenvalue weighted by molar-refractivity contribution is -0.121. The Kier molecular flexibility index (Phi) is 11.7. The van der Waals surface area contributed by atoms with Gasteiger partial charge in [0.2, 0.25) is 5.91 Å². The van der Waals surface area contributed by atoms with Crippen molar-refractivity contribution < 1.29 is 4.79 Å². The van der Waals surface area contributed by atoms with Gasteiger partial charge in [-0.2, -0.15) is 0 Å². The lowest BCUT2D eigenvalue weighted by Gasteiger charge is -2.32. The highest BCUT2D eigenvalue weighted by atomic mass is 35.5. The van der Waals surface area contributed by atoms with Crippen LogP contribution in [0.4, 0.5) is 0 Å². The number of carbonyl (C=O) groups excluding carboxylic acids is 1. The van der Waals surface area contributed by atoms with E-state index in [4.69, 9.17) is 17.3 Å². The molecule has 3 N–H and O–H groups in total. The fourth-order valence-corrected chi connectivity index (χ4v) is 3.03. The van der Waals surface area contributed by atoms with Crippen LogP contribution in [-0.4, -0.2) is 36.5 Å². The molecule has 0 saturated carbocycles. The van der Waals surface area contributed by atoms with E-state index in [2.05, 4.69) is 16.3 Å². The number of nitrogens with one attached hydrogen (secondary N) is 1. The van der Waals surface area contributed by atoms with Crippen molar-refractivity contribution in [3.05, 3.63) is 34.9 Å². The lowest BCUT2D eigenvalue weighted by Crippen LogP contribution is -2.39. The normalized spacial score (nSPS) is 16.6. The smallest absolute Gasteiger partial charge is 0.221 e. The monoisotopic (exact) mass is 395 g/mol. The summed E-state index contributed by atoms with van der Waals surface area (Å²) in [5.74, 6) is 0.632. The minimum Gasteiger partial charge on any atom is -0.356 e. The van der Waals surface area contributed by atoms with E-state index in [-0.39, 0.29) is 36.8 Å². The van der Waals surface area contributed by atoms with Crippen molar-refractivity contribution in [3.63, 3.8) is 0 Å². The minimum absolute atomic E-state index is 0. The highest BCUT2D eigenvalue weighted by Gasteiger charge is 2.20. The van der Waals surface area contributed by atoms with Gasteiger partial charge in [0, 0.05) is 30.6 Å². The summed E-state index contributed by atoms with van der Waals surface area (Å²) in [6.45, 7) is 5.64. The molecule has 1 saturated heterocycles. The van der Waals surface area contributed by atoms with Crippen LogP contribution < -0.4 is 11.1 Å². The molecule has 1 amide bonds. The molecule has 4 nitrogen and oxygen atoms in total. The molecule has 24 heavy (non-hydrogen) atoms. The molecule has 1 fully saturated rings. The molecule has 0 aromatic heterocycles. The average Bonchev–Trinajstić information content (AvgIpc) is 2.48. The van der Waals surface area contributed by atoms with Crippen LogP contribution in [0.15, 0.2) is 24.3 Å². The van der Waals surface area contributed by atoms with Crippen LogP contribution in [0.1, 0.15) is 31.7 Å². The Hall–Kier alpha value is -0.520. The summed E-state index contributed by atoms with van der Waals surface area (Å²) in [5, 5.41) is 3.84. The van der Waals surface area contributed by atoms with E-state index in [0.717, 1.165) is 44.0 Å². The first kappa shape index (κ1) is 23.5. The third-order valence-corrected chi connectivity index (χ3v) is 4.52. The number of rotatable bonds is 6. The number of nitrogens with two attached hydrogens (primary N) is 1. The zero-order valence-electron chi connectivity index (χ0n) is 14.0. The molecule has 1 aliphatic rings. The van der Waals surface area contributed by atoms with Crippen LogP contribution in [-0.2, 0) is 11.3 Å². The Labute approximate surface area is 162 Å². The third-order valence-electron chi connectivity index (χ3n) is 4.15. The largest absolute Gasteiger partial charge is 0.356 e. The molecule has 0 radical (unpaired) electrons. The number of hydrogen-bond donors (Lipinski definition) is 2. The molecule has 7 heteroatoms. The van der Waals surface area contributed by atoms with E-state index in [1.54, 1.807) is 0 Å². The Bertz CT molecular complexity index is 492. The predicted octanol–water partition coefficient (Wildman–Crippen LogP) is 3.25. The molecule has 0 spiro atoms. The summed E-state index contributed by atoms with van der Waals surface area (Å²) in [4.78, 5) is 14.1. The summed E-state index contributed by atoms with van der Waals surface area (Å²) in [5.41, 5.74) is 6.82. The Morgan fingerprint density at radius 1 is 1.33 bits per heavy atom. The zero-order valence-corrected chi connectivity index (χ0v) is 16.4. The predicted molar refractivity (Wildman–Crippen MR) is 105 cm³/mol. The van der Waals surface area contributed by atoms with Gasteiger partial charge in [0.1, 0.15) is 0 Å². The van der Waals surface area contributed by atoms with Crippen molar-refractivity contribution in [1.29, 1.82) is 0 Å². The molecular formula is C17H28Cl3N3O. The molecule has 138 valence electrons. The number of nitrogens with zero attached hydrogens (tertiary/aromatic N) is 1. The molecule has 1 aliphatic heterocycles. The Morgan fingerprint density at radius 2 is 1.96 bits per heavy atom. The van der Waals surface area contributed by atoms with Crippen LogP contribution in [0.2, 0.25) is 5.02 Å². The second-order valence-electron chi connectivity index (χ2n) is 6.30. The van der Waals surface area contributed by atoms with Crippen LogP contribution in [0.5, 0.6) is 0 Å². The number of likely N-dealkylation sites (tertiary alicyclic amines) is 1. The number of halogens is 3. The van der Waals surface area contributed by atoms with Crippen LogP contribution in [0, 0.1) is 5.92 Å². The molecule has 1 aromatic rings. The number of carbonyl (C=O) groups is 1. The van der Waals surface area contributed by atoms with E-state index in [1.165, 1.54) is 5.56 Å². The van der Waals surface area contributed by atoms with Gasteiger partial charge in [0.15, 0.2) is 0 Å². The molecule has 1 unspecified atom stereocenters. The second-order valence-corrected chi connectivity index (χ2v) is 6.70. The maximum absolute atomic E-state index is 11.6. The zero-order chi connectivity index (χ0) is 15.9. The van der Waals surface area contributed by atoms with Gasteiger partial charge in [-0.1, -0.05) is 29.8 Å². The lowest BCUT2D eigenvalue weighted by atomic mass is 9.96. The summed E-state index contributed by atoms with van der Waals surface area (Å²) in [7, 11) is 0. The Morgan fingerprint density at radius 3 is 2.54 bits per heavy atom. The first-order chi connectivity index (χ1) is 10.5. The van der Waals surface area contributed by atoms with Gasteiger partial charge in [0.25, 0.3) is 0 Å². The maximum Gasteiger partial charge on any atom is 0.221 e. The van der Waals surface area contributed by atoms with Crippen molar-refractivity contribution >= 4 is 42.3 Å². The molecule has 1 heterocycles.